The first-order valence-corrected chi connectivity index (χ1v) is 9.24. The molecule has 6 N–H and O–H groups in total. The van der Waals surface area contributed by atoms with Gasteiger partial charge in [0.2, 0.25) is 0 Å². The van der Waals surface area contributed by atoms with Gasteiger partial charge in [0, 0.05) is 17.7 Å². The molecule has 29 heavy (non-hydrogen) atoms. The van der Waals surface area contributed by atoms with E-state index in [2.05, 4.69) is 10.6 Å². The number of carbonyl (C=O) groups is 2. The molecule has 0 bridgehead atoms. The third-order valence-corrected chi connectivity index (χ3v) is 3.91. The zero-order chi connectivity index (χ0) is 21.4. The highest BCUT2D eigenvalue weighted by Crippen LogP contribution is 2.26. The Bertz CT molecular complexity index is 896. The first-order valence-electron chi connectivity index (χ1n) is 9.24. The van der Waals surface area contributed by atoms with Crippen LogP contribution in [0.2, 0.25) is 0 Å². The van der Waals surface area contributed by atoms with Gasteiger partial charge < -0.3 is 26.2 Å². The molecule has 0 fully saturated rings. The van der Waals surface area contributed by atoms with Crippen LogP contribution in [0.4, 0.5) is 11.4 Å². The Morgan fingerprint density at radius 1 is 1.17 bits per heavy atom. The van der Waals surface area contributed by atoms with Crippen LogP contribution in [0.25, 0.3) is 0 Å². The summed E-state index contributed by atoms with van der Waals surface area (Å²) in [7, 11) is 0. The largest absolute Gasteiger partial charge is 0.506 e. The van der Waals surface area contributed by atoms with Crippen molar-refractivity contribution in [2.75, 3.05) is 17.2 Å². The lowest BCUT2D eigenvalue weighted by Gasteiger charge is -2.11. The minimum absolute atomic E-state index is 0.0931. The quantitative estimate of drug-likeness (QED) is 0.200. The third-order valence-electron chi connectivity index (χ3n) is 3.91. The fraction of sp³-hybridized carbons (Fsp3) is 0.286. The van der Waals surface area contributed by atoms with Crippen molar-refractivity contribution in [3.05, 3.63) is 53.6 Å². The first kappa shape index (κ1) is 21.7. The van der Waals surface area contributed by atoms with Crippen LogP contribution in [-0.2, 0) is 16.0 Å². The van der Waals surface area contributed by atoms with Crippen LogP contribution in [0.3, 0.4) is 0 Å². The number of carbonyl (C=O) groups excluding carboxylic acids is 2. The van der Waals surface area contributed by atoms with Crippen molar-refractivity contribution in [1.82, 2.24) is 0 Å². The predicted octanol–water partition coefficient (Wildman–Crippen LogP) is 3.08. The van der Waals surface area contributed by atoms with Crippen molar-refractivity contribution >= 4 is 29.2 Å². The van der Waals surface area contributed by atoms with Crippen molar-refractivity contribution in [1.29, 1.82) is 5.41 Å². The number of esters is 1. The molecule has 2 aromatic carbocycles. The third kappa shape index (κ3) is 7.17. The summed E-state index contributed by atoms with van der Waals surface area (Å²) in [5, 5.41) is 22.7. The fourth-order valence-corrected chi connectivity index (χ4v) is 2.50. The molecule has 0 spiro atoms. The molecule has 8 heteroatoms. The van der Waals surface area contributed by atoms with Crippen LogP contribution >= 0.6 is 0 Å². The maximum Gasteiger partial charge on any atom is 0.306 e. The number of nitrogens with two attached hydrogens (primary N) is 1. The summed E-state index contributed by atoms with van der Waals surface area (Å²) in [6.45, 7) is 4.32. The Kier molecular flexibility index (Phi) is 7.59. The second-order valence-electron chi connectivity index (χ2n) is 7.00. The number of aromatic hydroxyl groups is 1. The smallest absolute Gasteiger partial charge is 0.306 e. The van der Waals surface area contributed by atoms with Crippen molar-refractivity contribution in [2.24, 2.45) is 11.7 Å². The van der Waals surface area contributed by atoms with Gasteiger partial charge >= 0.3 is 5.97 Å². The van der Waals surface area contributed by atoms with Gasteiger partial charge in [-0.15, -0.1) is 0 Å². The summed E-state index contributed by atoms with van der Waals surface area (Å²) in [6.07, 6.45) is 0.644. The normalized spacial score (nSPS) is 10.4. The van der Waals surface area contributed by atoms with Gasteiger partial charge in [-0.2, -0.15) is 0 Å². The van der Waals surface area contributed by atoms with E-state index in [1.807, 2.05) is 13.8 Å². The van der Waals surface area contributed by atoms with Crippen molar-refractivity contribution in [2.45, 2.75) is 26.7 Å². The Hall–Kier alpha value is -3.55. The van der Waals surface area contributed by atoms with E-state index in [1.165, 1.54) is 6.07 Å². The average molecular weight is 398 g/mol. The molecule has 8 nitrogen and oxygen atoms in total. The Morgan fingerprint density at radius 3 is 2.59 bits per heavy atom. The molecule has 1 amide bonds. The number of anilines is 2. The number of guanidine groups is 1. The monoisotopic (exact) mass is 398 g/mol. The minimum Gasteiger partial charge on any atom is -0.506 e. The molecule has 0 aromatic heterocycles. The van der Waals surface area contributed by atoms with Crippen LogP contribution in [0.15, 0.2) is 42.5 Å². The van der Waals surface area contributed by atoms with E-state index in [1.54, 1.807) is 36.4 Å². The molecule has 0 unspecified atom stereocenters. The van der Waals surface area contributed by atoms with Crippen molar-refractivity contribution < 1.29 is 19.4 Å². The standard InChI is InChI=1S/C21H26N4O4/c1-13(2)12-29-19(27)9-7-14-6-8-17(18(26)10-14)25-20(28)15-4-3-5-16(11-15)24-21(22)23/h3-6,8,10-11,13,26H,7,9,12H2,1-2H3,(H,25,28)(H4,22,23,24). The van der Waals surface area contributed by atoms with Gasteiger partial charge in [0.1, 0.15) is 5.75 Å². The number of aryl methyl sites for hydroxylation is 1. The topological polar surface area (TPSA) is 138 Å². The molecule has 2 aromatic rings. The Labute approximate surface area is 169 Å². The number of phenols is 1. The van der Waals surface area contributed by atoms with Gasteiger partial charge in [-0.3, -0.25) is 15.0 Å². The van der Waals surface area contributed by atoms with Gasteiger partial charge in [0.05, 0.1) is 12.3 Å². The molecular weight excluding hydrogens is 372 g/mol. The molecule has 0 aliphatic rings. The number of ether oxygens (including phenoxy) is 1. The van der Waals surface area contributed by atoms with Crippen LogP contribution in [0.5, 0.6) is 5.75 Å². The number of hydrogen-bond donors (Lipinski definition) is 5. The Morgan fingerprint density at radius 2 is 1.93 bits per heavy atom. The maximum absolute atomic E-state index is 12.4. The van der Waals surface area contributed by atoms with E-state index < -0.39 is 5.91 Å². The summed E-state index contributed by atoms with van der Waals surface area (Å²) < 4.78 is 5.13. The van der Waals surface area contributed by atoms with Gasteiger partial charge in [0.15, 0.2) is 5.96 Å². The molecule has 0 heterocycles. The van der Waals surface area contributed by atoms with Crippen molar-refractivity contribution in [3.8, 4) is 5.75 Å². The highest BCUT2D eigenvalue weighted by molar-refractivity contribution is 6.06. The average Bonchev–Trinajstić information content (AvgIpc) is 2.66. The lowest BCUT2D eigenvalue weighted by atomic mass is 10.1. The highest BCUT2D eigenvalue weighted by Gasteiger charge is 2.11. The van der Waals surface area contributed by atoms with Gasteiger partial charge in [0.25, 0.3) is 5.91 Å². The fourth-order valence-electron chi connectivity index (χ4n) is 2.50. The summed E-state index contributed by atoms with van der Waals surface area (Å²) >= 11 is 0. The molecular formula is C21H26N4O4. The number of hydrogen-bond acceptors (Lipinski definition) is 5. The first-order chi connectivity index (χ1) is 13.7. The Balaban J connectivity index is 1.97. The highest BCUT2D eigenvalue weighted by atomic mass is 16.5. The van der Waals surface area contributed by atoms with E-state index in [4.69, 9.17) is 15.9 Å². The SMILES string of the molecule is CC(C)COC(=O)CCc1ccc(NC(=O)c2cccc(NC(=N)N)c2)c(O)c1. The molecule has 2 rings (SSSR count). The number of nitrogens with one attached hydrogen (secondary N) is 3. The number of benzene rings is 2. The maximum atomic E-state index is 12.4. The molecule has 0 aliphatic heterocycles. The molecule has 0 saturated heterocycles. The van der Waals surface area contributed by atoms with Crippen LogP contribution in [-0.4, -0.2) is 29.5 Å². The van der Waals surface area contributed by atoms with E-state index in [-0.39, 0.29) is 35.7 Å². The second-order valence-corrected chi connectivity index (χ2v) is 7.00. The number of amides is 1. The van der Waals surface area contributed by atoms with E-state index in [0.29, 0.717) is 24.3 Å². The van der Waals surface area contributed by atoms with E-state index in [0.717, 1.165) is 5.56 Å². The van der Waals surface area contributed by atoms with Crippen LogP contribution in [0, 0.1) is 11.3 Å². The lowest BCUT2D eigenvalue weighted by molar-refractivity contribution is -0.144. The summed E-state index contributed by atoms with van der Waals surface area (Å²) in [5.41, 5.74) is 7.15. The van der Waals surface area contributed by atoms with E-state index >= 15 is 0 Å². The zero-order valence-electron chi connectivity index (χ0n) is 16.5. The molecule has 154 valence electrons. The molecule has 0 aliphatic carbocycles. The lowest BCUT2D eigenvalue weighted by Crippen LogP contribution is -2.20. The van der Waals surface area contributed by atoms with Crippen molar-refractivity contribution in [3.63, 3.8) is 0 Å². The van der Waals surface area contributed by atoms with E-state index in [9.17, 15) is 14.7 Å². The zero-order valence-corrected chi connectivity index (χ0v) is 16.5. The van der Waals surface area contributed by atoms with Crippen LogP contribution < -0.4 is 16.4 Å². The number of phenolic OH excluding ortho intramolecular Hbond substituents is 1. The summed E-state index contributed by atoms with van der Waals surface area (Å²) in [6, 6.07) is 11.3. The second kappa shape index (κ2) is 10.1. The molecule has 0 atom stereocenters. The van der Waals surface area contributed by atoms with Gasteiger partial charge in [-0.25, -0.2) is 0 Å². The minimum atomic E-state index is -0.419. The molecule has 0 saturated carbocycles. The van der Waals surface area contributed by atoms with Gasteiger partial charge in [-0.05, 0) is 48.2 Å². The molecule has 0 radical (unpaired) electrons. The predicted molar refractivity (Wildman–Crippen MR) is 112 cm³/mol. The summed E-state index contributed by atoms with van der Waals surface area (Å²) in [4.78, 5) is 24.1. The number of rotatable bonds is 8. The van der Waals surface area contributed by atoms with Crippen LogP contribution in [0.1, 0.15) is 36.2 Å². The summed E-state index contributed by atoms with van der Waals surface area (Å²) in [5.74, 6) is -0.745. The van der Waals surface area contributed by atoms with Gasteiger partial charge in [-0.1, -0.05) is 26.0 Å².